The first kappa shape index (κ1) is 12.0. The minimum Gasteiger partial charge on any atom is -0.310 e. The fourth-order valence-corrected chi connectivity index (χ4v) is 2.70. The van der Waals surface area contributed by atoms with Crippen molar-refractivity contribution in [3.63, 3.8) is 0 Å². The zero-order valence-electron chi connectivity index (χ0n) is 10.4. The van der Waals surface area contributed by atoms with Gasteiger partial charge in [-0.15, -0.1) is 0 Å². The van der Waals surface area contributed by atoms with Crippen molar-refractivity contribution in [3.05, 3.63) is 0 Å². The Kier molecular flexibility index (Phi) is 4.39. The van der Waals surface area contributed by atoms with Gasteiger partial charge in [-0.3, -0.25) is 4.90 Å². The molecule has 0 saturated carbocycles. The molecule has 1 aliphatic rings. The summed E-state index contributed by atoms with van der Waals surface area (Å²) in [5.74, 6) is 0. The van der Waals surface area contributed by atoms with Gasteiger partial charge in [0.2, 0.25) is 0 Å². The molecule has 1 fully saturated rings. The SMILES string of the molecule is CCCC1CN(CCC)C[N@+]1(C)CC. The van der Waals surface area contributed by atoms with E-state index in [0.717, 1.165) is 6.04 Å². The lowest BCUT2D eigenvalue weighted by molar-refractivity contribution is -0.923. The van der Waals surface area contributed by atoms with Crippen LogP contribution in [0.3, 0.4) is 0 Å². The van der Waals surface area contributed by atoms with E-state index in [4.69, 9.17) is 0 Å². The van der Waals surface area contributed by atoms with Crippen molar-refractivity contribution in [1.29, 1.82) is 0 Å². The molecule has 2 heteroatoms. The van der Waals surface area contributed by atoms with E-state index in [-0.39, 0.29) is 0 Å². The second-order valence-electron chi connectivity index (χ2n) is 4.96. The summed E-state index contributed by atoms with van der Waals surface area (Å²) in [4.78, 5) is 2.64. The molecule has 1 rings (SSSR count). The van der Waals surface area contributed by atoms with E-state index in [0.29, 0.717) is 0 Å². The van der Waals surface area contributed by atoms with Gasteiger partial charge in [-0.1, -0.05) is 20.3 Å². The minimum absolute atomic E-state index is 0.886. The van der Waals surface area contributed by atoms with Gasteiger partial charge in [0.1, 0.15) is 12.7 Å². The monoisotopic (exact) mass is 199 g/mol. The van der Waals surface area contributed by atoms with Crippen molar-refractivity contribution < 1.29 is 4.48 Å². The molecule has 0 aromatic rings. The van der Waals surface area contributed by atoms with Gasteiger partial charge in [0.25, 0.3) is 0 Å². The van der Waals surface area contributed by atoms with Gasteiger partial charge in [-0.2, -0.15) is 0 Å². The molecule has 0 spiro atoms. The Hall–Kier alpha value is -0.0800. The molecule has 1 unspecified atom stereocenters. The smallest absolute Gasteiger partial charge is 0.135 e. The molecule has 0 aromatic carbocycles. The quantitative estimate of drug-likeness (QED) is 0.614. The van der Waals surface area contributed by atoms with E-state index in [1.165, 1.54) is 50.0 Å². The number of quaternary nitrogens is 1. The highest BCUT2D eigenvalue weighted by atomic mass is 15.5. The maximum atomic E-state index is 2.64. The van der Waals surface area contributed by atoms with Crippen LogP contribution in [0.1, 0.15) is 40.0 Å². The average Bonchev–Trinajstić information content (AvgIpc) is 2.46. The van der Waals surface area contributed by atoms with Crippen molar-refractivity contribution in [2.75, 3.05) is 33.4 Å². The maximum Gasteiger partial charge on any atom is 0.135 e. The van der Waals surface area contributed by atoms with E-state index in [2.05, 4.69) is 32.7 Å². The first-order valence-corrected chi connectivity index (χ1v) is 6.22. The van der Waals surface area contributed by atoms with E-state index in [1.54, 1.807) is 0 Å². The van der Waals surface area contributed by atoms with Crippen LogP contribution in [-0.4, -0.2) is 48.8 Å². The molecular formula is C12H27N2+. The Morgan fingerprint density at radius 3 is 2.43 bits per heavy atom. The van der Waals surface area contributed by atoms with Crippen LogP contribution in [0.15, 0.2) is 0 Å². The largest absolute Gasteiger partial charge is 0.310 e. The third-order valence-corrected chi connectivity index (χ3v) is 3.76. The van der Waals surface area contributed by atoms with Crippen LogP contribution in [0.4, 0.5) is 0 Å². The van der Waals surface area contributed by atoms with Crippen LogP contribution in [0.25, 0.3) is 0 Å². The van der Waals surface area contributed by atoms with E-state index >= 15 is 0 Å². The summed E-state index contributed by atoms with van der Waals surface area (Å²) in [5, 5.41) is 0. The lowest BCUT2D eigenvalue weighted by atomic mass is 10.1. The summed E-state index contributed by atoms with van der Waals surface area (Å²) in [6.45, 7) is 12.1. The van der Waals surface area contributed by atoms with Crippen LogP contribution in [0, 0.1) is 0 Å². The predicted octanol–water partition coefficient (Wildman–Crippen LogP) is 2.30. The summed E-state index contributed by atoms with van der Waals surface area (Å²) in [7, 11) is 2.43. The zero-order chi connectivity index (χ0) is 10.6. The minimum atomic E-state index is 0.886. The van der Waals surface area contributed by atoms with Crippen LogP contribution in [0.5, 0.6) is 0 Å². The molecule has 0 radical (unpaired) electrons. The third-order valence-electron chi connectivity index (χ3n) is 3.76. The van der Waals surface area contributed by atoms with Gasteiger partial charge < -0.3 is 4.48 Å². The highest BCUT2D eigenvalue weighted by Gasteiger charge is 2.39. The summed E-state index contributed by atoms with van der Waals surface area (Å²) in [6, 6.07) is 0.886. The molecular weight excluding hydrogens is 172 g/mol. The van der Waals surface area contributed by atoms with Crippen molar-refractivity contribution in [3.8, 4) is 0 Å². The van der Waals surface area contributed by atoms with Gasteiger partial charge in [0, 0.05) is 13.0 Å². The normalized spacial score (nSPS) is 33.9. The van der Waals surface area contributed by atoms with Crippen molar-refractivity contribution >= 4 is 0 Å². The van der Waals surface area contributed by atoms with Gasteiger partial charge in [-0.25, -0.2) is 0 Å². The lowest BCUT2D eigenvalue weighted by Crippen LogP contribution is -2.49. The Balaban J connectivity index is 2.55. The summed E-state index contributed by atoms with van der Waals surface area (Å²) < 4.78 is 1.27. The molecule has 0 aliphatic carbocycles. The molecule has 1 aliphatic heterocycles. The molecule has 1 heterocycles. The van der Waals surface area contributed by atoms with Crippen LogP contribution in [0.2, 0.25) is 0 Å². The average molecular weight is 199 g/mol. The lowest BCUT2D eigenvalue weighted by Gasteiger charge is -2.34. The molecule has 0 amide bonds. The van der Waals surface area contributed by atoms with Gasteiger partial charge in [0.15, 0.2) is 0 Å². The predicted molar refractivity (Wildman–Crippen MR) is 62.2 cm³/mol. The van der Waals surface area contributed by atoms with E-state index in [1.807, 2.05) is 0 Å². The molecule has 0 N–H and O–H groups in total. The first-order valence-electron chi connectivity index (χ1n) is 6.22. The summed E-state index contributed by atoms with van der Waals surface area (Å²) in [5.41, 5.74) is 0. The molecule has 2 nitrogen and oxygen atoms in total. The molecule has 14 heavy (non-hydrogen) atoms. The third kappa shape index (κ3) is 2.48. The van der Waals surface area contributed by atoms with E-state index < -0.39 is 0 Å². The Bertz CT molecular complexity index is 170. The van der Waals surface area contributed by atoms with E-state index in [9.17, 15) is 0 Å². The van der Waals surface area contributed by atoms with Gasteiger partial charge in [-0.05, 0) is 13.3 Å². The number of nitrogens with zero attached hydrogens (tertiary/aromatic N) is 2. The second-order valence-corrected chi connectivity index (χ2v) is 4.96. The summed E-state index contributed by atoms with van der Waals surface area (Å²) in [6.07, 6.45) is 4.02. The van der Waals surface area contributed by atoms with Crippen molar-refractivity contribution in [2.24, 2.45) is 0 Å². The fraction of sp³-hybridized carbons (Fsp3) is 1.00. The Morgan fingerprint density at radius 2 is 1.93 bits per heavy atom. The Morgan fingerprint density at radius 1 is 1.21 bits per heavy atom. The van der Waals surface area contributed by atoms with Crippen molar-refractivity contribution in [2.45, 2.75) is 46.1 Å². The molecule has 84 valence electrons. The maximum absolute atomic E-state index is 2.64. The standard InChI is InChI=1S/C12H27N2/c1-5-8-12-10-13(9-6-2)11-14(12,4)7-3/h12H,5-11H2,1-4H3/q+1/t12?,14-/m0/s1. The highest BCUT2D eigenvalue weighted by molar-refractivity contribution is 4.71. The molecule has 1 saturated heterocycles. The fourth-order valence-electron chi connectivity index (χ4n) is 2.70. The van der Waals surface area contributed by atoms with Crippen LogP contribution in [-0.2, 0) is 0 Å². The van der Waals surface area contributed by atoms with Crippen molar-refractivity contribution in [1.82, 2.24) is 4.90 Å². The number of likely N-dealkylation sites (N-methyl/N-ethyl adjacent to an activating group) is 1. The second kappa shape index (κ2) is 5.13. The van der Waals surface area contributed by atoms with Gasteiger partial charge >= 0.3 is 0 Å². The summed E-state index contributed by atoms with van der Waals surface area (Å²) >= 11 is 0. The number of hydrogen-bond acceptors (Lipinski definition) is 1. The zero-order valence-corrected chi connectivity index (χ0v) is 10.4. The molecule has 0 bridgehead atoms. The molecule has 2 atom stereocenters. The van der Waals surface area contributed by atoms with Crippen LogP contribution >= 0.6 is 0 Å². The first-order chi connectivity index (χ1) is 6.66. The highest BCUT2D eigenvalue weighted by Crippen LogP contribution is 2.24. The Labute approximate surface area is 89.5 Å². The van der Waals surface area contributed by atoms with Gasteiger partial charge in [0.05, 0.1) is 20.1 Å². The number of hydrogen-bond donors (Lipinski definition) is 0. The molecule has 0 aromatic heterocycles. The number of rotatable bonds is 5. The topological polar surface area (TPSA) is 3.24 Å². The van der Waals surface area contributed by atoms with Crippen LogP contribution < -0.4 is 0 Å².